The third-order valence-corrected chi connectivity index (χ3v) is 8.22. The van der Waals surface area contributed by atoms with Gasteiger partial charge in [-0.05, 0) is 69.5 Å². The van der Waals surface area contributed by atoms with Crippen molar-refractivity contribution in [3.05, 3.63) is 70.7 Å². The van der Waals surface area contributed by atoms with Crippen LogP contribution in [0.3, 0.4) is 0 Å². The second kappa shape index (κ2) is 11.3. The third kappa shape index (κ3) is 5.62. The molecular formula is C31H37FN4O3. The van der Waals surface area contributed by atoms with Gasteiger partial charge in [-0.15, -0.1) is 0 Å². The summed E-state index contributed by atoms with van der Waals surface area (Å²) in [5.74, 6) is -1.31. The SMILES string of the molecule is Cc1[nH]c2ccc(C(=O)C(=O)N3CCCCCC3)cc2c1C(=O)N1C[C@H](C)N(Cc2ccc(F)cc2)C[C@H]1C. The molecule has 1 N–H and O–H groups in total. The molecule has 0 radical (unpaired) electrons. The second-order valence-corrected chi connectivity index (χ2v) is 11.1. The molecule has 2 aromatic carbocycles. The number of hydrogen-bond acceptors (Lipinski definition) is 4. The largest absolute Gasteiger partial charge is 0.358 e. The van der Waals surface area contributed by atoms with Gasteiger partial charge in [0.05, 0.1) is 5.56 Å². The standard InChI is InChI=1S/C31H37FN4O3/c1-20-18-36(21(2)17-35(20)19-23-8-11-25(32)12-9-23)30(38)28-22(3)33-27-13-10-24(16-26(27)28)29(37)31(39)34-14-6-4-5-7-15-34/h8-13,16,20-21,33H,4-7,14-15,17-19H2,1-3H3/t20-,21+/m0/s1. The smallest absolute Gasteiger partial charge is 0.294 e. The van der Waals surface area contributed by atoms with Crippen LogP contribution in [-0.4, -0.2) is 75.5 Å². The van der Waals surface area contributed by atoms with E-state index in [1.54, 1.807) is 35.2 Å². The minimum atomic E-state index is -0.521. The fraction of sp³-hybridized carbons (Fsp3) is 0.452. The number of nitrogens with one attached hydrogen (secondary N) is 1. The van der Waals surface area contributed by atoms with Crippen molar-refractivity contribution in [2.24, 2.45) is 0 Å². The molecule has 2 amide bonds. The number of hydrogen-bond donors (Lipinski definition) is 1. The number of likely N-dealkylation sites (tertiary alicyclic amines) is 1. The van der Waals surface area contributed by atoms with Crippen LogP contribution in [0.25, 0.3) is 10.9 Å². The van der Waals surface area contributed by atoms with Crippen molar-refractivity contribution in [3.63, 3.8) is 0 Å². The number of Topliss-reactive ketones (excluding diaryl/α,β-unsaturated/α-hetero) is 1. The van der Waals surface area contributed by atoms with Gasteiger partial charge in [-0.3, -0.25) is 19.3 Å². The molecule has 7 nitrogen and oxygen atoms in total. The molecule has 2 fully saturated rings. The maximum atomic E-state index is 13.9. The predicted octanol–water partition coefficient (Wildman–Crippen LogP) is 4.94. The van der Waals surface area contributed by atoms with Crippen molar-refractivity contribution in [2.45, 2.75) is 65.1 Å². The number of nitrogens with zero attached hydrogens (tertiary/aromatic N) is 3. The van der Waals surface area contributed by atoms with E-state index in [0.29, 0.717) is 49.2 Å². The number of piperazine rings is 1. The number of benzene rings is 2. The molecule has 2 aliphatic rings. The van der Waals surface area contributed by atoms with Gasteiger partial charge in [0.1, 0.15) is 5.82 Å². The zero-order valence-corrected chi connectivity index (χ0v) is 23.0. The monoisotopic (exact) mass is 532 g/mol. The van der Waals surface area contributed by atoms with E-state index in [2.05, 4.69) is 16.8 Å². The summed E-state index contributed by atoms with van der Waals surface area (Å²) in [6, 6.07) is 11.8. The van der Waals surface area contributed by atoms with Gasteiger partial charge in [0, 0.05) is 67.0 Å². The number of ketones is 1. The lowest BCUT2D eigenvalue weighted by molar-refractivity contribution is -0.126. The fourth-order valence-electron chi connectivity index (χ4n) is 5.95. The van der Waals surface area contributed by atoms with Crippen molar-refractivity contribution < 1.29 is 18.8 Å². The van der Waals surface area contributed by atoms with Crippen molar-refractivity contribution in [3.8, 4) is 0 Å². The first-order valence-corrected chi connectivity index (χ1v) is 14.0. The van der Waals surface area contributed by atoms with E-state index in [1.807, 2.05) is 18.7 Å². The van der Waals surface area contributed by atoms with E-state index in [-0.39, 0.29) is 23.8 Å². The van der Waals surface area contributed by atoms with E-state index in [4.69, 9.17) is 0 Å². The quantitative estimate of drug-likeness (QED) is 0.373. The van der Waals surface area contributed by atoms with Gasteiger partial charge in [0.25, 0.3) is 11.8 Å². The summed E-state index contributed by atoms with van der Waals surface area (Å²) >= 11 is 0. The third-order valence-electron chi connectivity index (χ3n) is 8.22. The van der Waals surface area contributed by atoms with Crippen LogP contribution >= 0.6 is 0 Å². The van der Waals surface area contributed by atoms with Crippen LogP contribution in [0.5, 0.6) is 0 Å². The van der Waals surface area contributed by atoms with Gasteiger partial charge < -0.3 is 14.8 Å². The van der Waals surface area contributed by atoms with Crippen molar-refractivity contribution in [2.75, 3.05) is 26.2 Å². The zero-order valence-electron chi connectivity index (χ0n) is 23.0. The van der Waals surface area contributed by atoms with Gasteiger partial charge in [-0.2, -0.15) is 0 Å². The Kier molecular flexibility index (Phi) is 7.84. The summed E-state index contributed by atoms with van der Waals surface area (Å²) in [5, 5.41) is 0.667. The van der Waals surface area contributed by atoms with Crippen LogP contribution < -0.4 is 0 Å². The molecule has 206 valence electrons. The first-order chi connectivity index (χ1) is 18.7. The van der Waals surface area contributed by atoms with E-state index in [1.165, 1.54) is 12.1 Å². The summed E-state index contributed by atoms with van der Waals surface area (Å²) in [4.78, 5) is 49.3. The molecule has 3 heterocycles. The Hall–Kier alpha value is -3.52. The lowest BCUT2D eigenvalue weighted by Crippen LogP contribution is -2.57. The molecule has 39 heavy (non-hydrogen) atoms. The van der Waals surface area contributed by atoms with Crippen LogP contribution in [0.2, 0.25) is 0 Å². The Bertz CT molecular complexity index is 1370. The van der Waals surface area contributed by atoms with E-state index >= 15 is 0 Å². The van der Waals surface area contributed by atoms with Crippen molar-refractivity contribution in [1.82, 2.24) is 19.7 Å². The Morgan fingerprint density at radius 3 is 2.31 bits per heavy atom. The maximum Gasteiger partial charge on any atom is 0.294 e. The molecular weight excluding hydrogens is 495 g/mol. The second-order valence-electron chi connectivity index (χ2n) is 11.1. The minimum Gasteiger partial charge on any atom is -0.358 e. The lowest BCUT2D eigenvalue weighted by atomic mass is 10.0. The number of aromatic nitrogens is 1. The molecule has 2 saturated heterocycles. The van der Waals surface area contributed by atoms with E-state index in [9.17, 15) is 18.8 Å². The number of carbonyl (C=O) groups is 3. The molecule has 0 aliphatic carbocycles. The van der Waals surface area contributed by atoms with Gasteiger partial charge in [-0.25, -0.2) is 4.39 Å². The summed E-state index contributed by atoms with van der Waals surface area (Å²) in [7, 11) is 0. The van der Waals surface area contributed by atoms with Crippen molar-refractivity contribution >= 4 is 28.5 Å². The van der Waals surface area contributed by atoms with Crippen LogP contribution in [0.1, 0.15) is 71.5 Å². The number of aromatic amines is 1. The highest BCUT2D eigenvalue weighted by Crippen LogP contribution is 2.28. The number of H-pyrrole nitrogens is 1. The number of amides is 2. The van der Waals surface area contributed by atoms with Crippen LogP contribution in [-0.2, 0) is 11.3 Å². The molecule has 0 spiro atoms. The Labute approximate surface area is 229 Å². The highest BCUT2D eigenvalue weighted by molar-refractivity contribution is 6.43. The predicted molar refractivity (Wildman–Crippen MR) is 149 cm³/mol. The van der Waals surface area contributed by atoms with E-state index in [0.717, 1.165) is 42.5 Å². The number of carbonyl (C=O) groups excluding carboxylic acids is 3. The van der Waals surface area contributed by atoms with Crippen LogP contribution in [0, 0.1) is 12.7 Å². The number of fused-ring (bicyclic) bond motifs is 1. The molecule has 5 rings (SSSR count). The maximum absolute atomic E-state index is 13.9. The van der Waals surface area contributed by atoms with Gasteiger partial charge >= 0.3 is 0 Å². The highest BCUT2D eigenvalue weighted by atomic mass is 19.1. The summed E-state index contributed by atoms with van der Waals surface area (Å²) in [6.07, 6.45) is 3.99. The Morgan fingerprint density at radius 2 is 1.62 bits per heavy atom. The molecule has 0 unspecified atom stereocenters. The first kappa shape index (κ1) is 27.1. The van der Waals surface area contributed by atoms with Crippen LogP contribution in [0.4, 0.5) is 4.39 Å². The fourth-order valence-corrected chi connectivity index (χ4v) is 5.95. The summed E-state index contributed by atoms with van der Waals surface area (Å²) in [6.45, 7) is 9.18. The van der Waals surface area contributed by atoms with Gasteiger partial charge in [0.2, 0.25) is 5.78 Å². The zero-order chi connectivity index (χ0) is 27.7. The average Bonchev–Trinajstić information content (AvgIpc) is 3.06. The lowest BCUT2D eigenvalue weighted by Gasteiger charge is -2.44. The van der Waals surface area contributed by atoms with E-state index < -0.39 is 11.7 Å². The molecule has 2 aliphatic heterocycles. The first-order valence-electron chi connectivity index (χ1n) is 14.0. The van der Waals surface area contributed by atoms with Gasteiger partial charge in [0.15, 0.2) is 0 Å². The summed E-state index contributed by atoms with van der Waals surface area (Å²) in [5.41, 5.74) is 3.41. The Balaban J connectivity index is 1.35. The minimum absolute atomic E-state index is 0.0343. The highest BCUT2D eigenvalue weighted by Gasteiger charge is 2.34. The molecule has 0 bridgehead atoms. The number of aryl methyl sites for hydroxylation is 1. The number of halogens is 1. The molecule has 0 saturated carbocycles. The molecule has 8 heteroatoms. The Morgan fingerprint density at radius 1 is 0.923 bits per heavy atom. The van der Waals surface area contributed by atoms with Gasteiger partial charge in [-0.1, -0.05) is 25.0 Å². The number of rotatable bonds is 5. The molecule has 1 aromatic heterocycles. The molecule has 3 aromatic rings. The van der Waals surface area contributed by atoms with Crippen molar-refractivity contribution in [1.29, 1.82) is 0 Å². The topological polar surface area (TPSA) is 76.7 Å². The molecule has 2 atom stereocenters. The normalized spacial score (nSPS) is 20.7. The average molecular weight is 533 g/mol. The van der Waals surface area contributed by atoms with Crippen LogP contribution in [0.15, 0.2) is 42.5 Å². The summed E-state index contributed by atoms with van der Waals surface area (Å²) < 4.78 is 13.3.